The maximum Gasteiger partial charge on any atom is 0.338 e. The van der Waals surface area contributed by atoms with Gasteiger partial charge in [0.1, 0.15) is 43.4 Å². The van der Waals surface area contributed by atoms with Crippen molar-refractivity contribution in [2.45, 2.75) is 44.1 Å². The number of halogens is 1. The van der Waals surface area contributed by atoms with E-state index in [4.69, 9.17) is 25.8 Å². The van der Waals surface area contributed by atoms with Crippen LogP contribution in [-0.4, -0.2) is 58.4 Å². The molecule has 29 heavy (non-hydrogen) atoms. The molecule has 0 saturated carbocycles. The number of esters is 1. The van der Waals surface area contributed by atoms with Crippen molar-refractivity contribution in [2.24, 2.45) is 0 Å². The maximum atomic E-state index is 12.4. The Morgan fingerprint density at radius 2 is 1.79 bits per heavy atom. The van der Waals surface area contributed by atoms with E-state index >= 15 is 0 Å². The average Bonchev–Trinajstić information content (AvgIpc) is 2.72. The smallest absolute Gasteiger partial charge is 0.338 e. The van der Waals surface area contributed by atoms with Crippen LogP contribution in [0, 0.1) is 0 Å². The van der Waals surface area contributed by atoms with Gasteiger partial charge in [0.15, 0.2) is 0 Å². The van der Waals surface area contributed by atoms with E-state index < -0.39 is 36.5 Å². The molecule has 0 bridgehead atoms. The molecule has 1 aliphatic rings. The summed E-state index contributed by atoms with van der Waals surface area (Å²) in [6, 6.07) is 14.1. The van der Waals surface area contributed by atoms with Gasteiger partial charge < -0.3 is 29.5 Å². The van der Waals surface area contributed by atoms with E-state index in [0.29, 0.717) is 17.4 Å². The molecule has 7 nitrogen and oxygen atoms in total. The summed E-state index contributed by atoms with van der Waals surface area (Å²) in [6.45, 7) is 1.58. The van der Waals surface area contributed by atoms with Crippen LogP contribution in [0.15, 0.2) is 48.5 Å². The zero-order valence-electron chi connectivity index (χ0n) is 15.8. The van der Waals surface area contributed by atoms with Gasteiger partial charge in [0.2, 0.25) is 0 Å². The zero-order valence-corrected chi connectivity index (χ0v) is 16.5. The fourth-order valence-electron chi connectivity index (χ4n) is 3.02. The molecule has 1 fully saturated rings. The first-order chi connectivity index (χ1) is 13.8. The van der Waals surface area contributed by atoms with Crippen LogP contribution in [0.4, 0.5) is 0 Å². The summed E-state index contributed by atoms with van der Waals surface area (Å²) in [4.78, 5) is 12.4. The highest BCUT2D eigenvalue weighted by atomic mass is 35.5. The lowest BCUT2D eigenvalue weighted by Gasteiger charge is -2.38. The zero-order chi connectivity index (χ0) is 21.0. The van der Waals surface area contributed by atoms with E-state index in [0.717, 1.165) is 5.56 Å². The number of rotatable bonds is 6. The van der Waals surface area contributed by atoms with Crippen LogP contribution in [-0.2, 0) is 16.1 Å². The van der Waals surface area contributed by atoms with Crippen molar-refractivity contribution in [1.29, 1.82) is 0 Å². The average molecular weight is 423 g/mol. The molecule has 1 unspecified atom stereocenters. The minimum absolute atomic E-state index is 0.180. The Hall–Kier alpha value is -2.16. The third-order valence-electron chi connectivity index (χ3n) is 4.69. The molecule has 0 amide bonds. The Balaban J connectivity index is 1.61. The summed E-state index contributed by atoms with van der Waals surface area (Å²) in [7, 11) is 0. The molecule has 0 spiro atoms. The standard InChI is InChI=1S/C21H23ClO7/c1-12-18(23)20(25)19(24)17(29-12)11-28-21(26)14-7-15(22)9-16(8-14)27-10-13-5-3-2-4-6-13/h2-9,12,17-20,23-25H,10-11H2,1H3/t12?,17-,18+,19+,20-/m1/s1. The molecular weight excluding hydrogens is 400 g/mol. The Morgan fingerprint density at radius 1 is 1.07 bits per heavy atom. The number of benzene rings is 2. The molecule has 1 aliphatic heterocycles. The first kappa shape index (κ1) is 21.5. The van der Waals surface area contributed by atoms with Gasteiger partial charge in [-0.3, -0.25) is 0 Å². The molecule has 2 aromatic rings. The first-order valence-electron chi connectivity index (χ1n) is 9.19. The fraction of sp³-hybridized carbons (Fsp3) is 0.381. The Kier molecular flexibility index (Phi) is 7.10. The molecule has 156 valence electrons. The predicted octanol–water partition coefficient (Wildman–Crippen LogP) is 1.95. The summed E-state index contributed by atoms with van der Waals surface area (Å²) in [5.41, 5.74) is 1.15. The van der Waals surface area contributed by atoms with Crippen LogP contribution in [0.1, 0.15) is 22.8 Å². The molecule has 0 aliphatic carbocycles. The van der Waals surface area contributed by atoms with Gasteiger partial charge in [0, 0.05) is 5.02 Å². The van der Waals surface area contributed by atoms with Crippen molar-refractivity contribution in [2.75, 3.05) is 6.61 Å². The van der Waals surface area contributed by atoms with Gasteiger partial charge in [-0.1, -0.05) is 41.9 Å². The van der Waals surface area contributed by atoms with Gasteiger partial charge in [-0.15, -0.1) is 0 Å². The van der Waals surface area contributed by atoms with Gasteiger partial charge in [-0.2, -0.15) is 0 Å². The van der Waals surface area contributed by atoms with Crippen molar-refractivity contribution in [3.05, 3.63) is 64.7 Å². The molecule has 0 radical (unpaired) electrons. The lowest BCUT2D eigenvalue weighted by molar-refractivity contribution is -0.224. The first-order valence-corrected chi connectivity index (χ1v) is 9.57. The molecule has 3 rings (SSSR count). The largest absolute Gasteiger partial charge is 0.489 e. The minimum Gasteiger partial charge on any atom is -0.489 e. The van der Waals surface area contributed by atoms with Crippen molar-refractivity contribution >= 4 is 17.6 Å². The van der Waals surface area contributed by atoms with Crippen molar-refractivity contribution in [1.82, 2.24) is 0 Å². The van der Waals surface area contributed by atoms with Crippen molar-refractivity contribution in [3.8, 4) is 5.75 Å². The van der Waals surface area contributed by atoms with E-state index in [1.165, 1.54) is 12.1 Å². The normalized spacial score (nSPS) is 26.7. The monoisotopic (exact) mass is 422 g/mol. The van der Waals surface area contributed by atoms with Crippen LogP contribution < -0.4 is 4.74 Å². The van der Waals surface area contributed by atoms with Crippen LogP contribution >= 0.6 is 11.6 Å². The van der Waals surface area contributed by atoms with E-state index in [1.54, 1.807) is 13.0 Å². The van der Waals surface area contributed by atoms with Gasteiger partial charge in [-0.25, -0.2) is 4.79 Å². The highest BCUT2D eigenvalue weighted by molar-refractivity contribution is 6.31. The number of hydrogen-bond acceptors (Lipinski definition) is 7. The second-order valence-electron chi connectivity index (χ2n) is 6.90. The van der Waals surface area contributed by atoms with Crippen LogP contribution in [0.3, 0.4) is 0 Å². The number of aliphatic hydroxyl groups excluding tert-OH is 3. The van der Waals surface area contributed by atoms with Crippen LogP contribution in [0.5, 0.6) is 5.75 Å². The van der Waals surface area contributed by atoms with Gasteiger partial charge in [0.25, 0.3) is 0 Å². The molecule has 8 heteroatoms. The fourth-order valence-corrected chi connectivity index (χ4v) is 3.25. The van der Waals surface area contributed by atoms with Gasteiger partial charge >= 0.3 is 5.97 Å². The van der Waals surface area contributed by atoms with Crippen LogP contribution in [0.25, 0.3) is 0 Å². The molecule has 3 N–H and O–H groups in total. The summed E-state index contributed by atoms with van der Waals surface area (Å²) in [5, 5.41) is 29.9. The molecule has 1 saturated heterocycles. The summed E-state index contributed by atoms with van der Waals surface area (Å²) in [5.74, 6) is -0.268. The third-order valence-corrected chi connectivity index (χ3v) is 4.90. The SMILES string of the molecule is CC1O[C@H](COC(=O)c2cc(Cl)cc(OCc3ccccc3)c2)[C@H](O)[C@H](O)[C@H]1O. The number of aliphatic hydroxyl groups is 3. The topological polar surface area (TPSA) is 105 Å². The second kappa shape index (κ2) is 9.56. The Bertz CT molecular complexity index is 829. The summed E-state index contributed by atoms with van der Waals surface area (Å²) in [6.07, 6.45) is -5.64. The molecule has 1 heterocycles. The van der Waals surface area contributed by atoms with E-state index in [1.807, 2.05) is 30.3 Å². The molecule has 0 aromatic heterocycles. The number of carbonyl (C=O) groups excluding carboxylic acids is 1. The van der Waals surface area contributed by atoms with Gasteiger partial charge in [0.05, 0.1) is 11.7 Å². The highest BCUT2D eigenvalue weighted by Gasteiger charge is 2.42. The van der Waals surface area contributed by atoms with E-state index in [-0.39, 0.29) is 12.2 Å². The lowest BCUT2D eigenvalue weighted by Crippen LogP contribution is -2.57. The third kappa shape index (κ3) is 5.46. The summed E-state index contributed by atoms with van der Waals surface area (Å²) < 4.78 is 16.3. The number of hydrogen-bond donors (Lipinski definition) is 3. The van der Waals surface area contributed by atoms with E-state index in [9.17, 15) is 20.1 Å². The molecule has 5 atom stereocenters. The minimum atomic E-state index is -1.38. The maximum absolute atomic E-state index is 12.4. The molecular formula is C21H23ClO7. The Labute approximate surface area is 173 Å². The van der Waals surface area contributed by atoms with Crippen molar-refractivity contribution in [3.63, 3.8) is 0 Å². The Morgan fingerprint density at radius 3 is 2.52 bits per heavy atom. The highest BCUT2D eigenvalue weighted by Crippen LogP contribution is 2.24. The number of ether oxygens (including phenoxy) is 3. The quantitative estimate of drug-likeness (QED) is 0.611. The number of carbonyl (C=O) groups is 1. The second-order valence-corrected chi connectivity index (χ2v) is 7.34. The van der Waals surface area contributed by atoms with Gasteiger partial charge in [-0.05, 0) is 30.7 Å². The van der Waals surface area contributed by atoms with E-state index in [2.05, 4.69) is 0 Å². The predicted molar refractivity (Wildman–Crippen MR) is 105 cm³/mol. The van der Waals surface area contributed by atoms with Crippen molar-refractivity contribution < 1.29 is 34.3 Å². The lowest BCUT2D eigenvalue weighted by atomic mass is 9.96. The van der Waals surface area contributed by atoms with Crippen LogP contribution in [0.2, 0.25) is 5.02 Å². The summed E-state index contributed by atoms with van der Waals surface area (Å²) >= 11 is 6.09. The molecule has 2 aromatic carbocycles.